The fourth-order valence-corrected chi connectivity index (χ4v) is 4.33. The van der Waals surface area contributed by atoms with Crippen LogP contribution in [0.1, 0.15) is 40.5 Å². The van der Waals surface area contributed by atoms with Crippen LogP contribution in [0.2, 0.25) is 0 Å². The van der Waals surface area contributed by atoms with E-state index < -0.39 is 0 Å². The monoisotopic (exact) mass is 410 g/mol. The van der Waals surface area contributed by atoms with Crippen molar-refractivity contribution in [1.82, 2.24) is 19.7 Å². The van der Waals surface area contributed by atoms with Crippen LogP contribution >= 0.6 is 0 Å². The Kier molecular flexibility index (Phi) is 5.04. The van der Waals surface area contributed by atoms with E-state index in [0.29, 0.717) is 29.6 Å². The van der Waals surface area contributed by atoms with Crippen molar-refractivity contribution in [3.8, 4) is 0 Å². The molecule has 0 bridgehead atoms. The van der Waals surface area contributed by atoms with Gasteiger partial charge in [0.15, 0.2) is 5.69 Å². The number of hydrogen-bond donors (Lipinski definition) is 0. The number of carbonyl (C=O) groups excluding carboxylic acids is 1. The van der Waals surface area contributed by atoms with Crippen molar-refractivity contribution in [2.24, 2.45) is 0 Å². The molecule has 0 spiro atoms. The number of fused-ring (bicyclic) bond motifs is 1. The topological polar surface area (TPSA) is 68.1 Å². The molecule has 1 amide bonds. The molecule has 3 heterocycles. The van der Waals surface area contributed by atoms with Gasteiger partial charge in [0.05, 0.1) is 18.0 Å². The standard InChI is InChI=1S/C25H22N4O2/c30-24-21-10-5-4-9-20(21)23(27-29(24)17-18-7-2-1-3-8-18)25(31)28-16-6-11-22(28)19-12-14-26-15-13-19/h1-5,7-10,12-15,22H,6,11,16-17H2. The van der Waals surface area contributed by atoms with Crippen LogP contribution < -0.4 is 5.56 Å². The van der Waals surface area contributed by atoms with Crippen molar-refractivity contribution in [2.45, 2.75) is 25.4 Å². The number of nitrogens with zero attached hydrogens (tertiary/aromatic N) is 4. The maximum atomic E-state index is 13.7. The van der Waals surface area contributed by atoms with E-state index in [9.17, 15) is 9.59 Å². The maximum absolute atomic E-state index is 13.7. The molecule has 2 aromatic carbocycles. The molecule has 1 saturated heterocycles. The number of rotatable bonds is 4. The van der Waals surface area contributed by atoms with Crippen molar-refractivity contribution >= 4 is 16.7 Å². The zero-order valence-electron chi connectivity index (χ0n) is 17.0. The van der Waals surface area contributed by atoms with E-state index in [2.05, 4.69) is 10.1 Å². The molecule has 4 aromatic rings. The molecule has 6 heteroatoms. The van der Waals surface area contributed by atoms with E-state index in [1.807, 2.05) is 59.5 Å². The summed E-state index contributed by atoms with van der Waals surface area (Å²) in [5.41, 5.74) is 2.17. The molecule has 31 heavy (non-hydrogen) atoms. The number of pyridine rings is 1. The Hall–Kier alpha value is -3.80. The first-order chi connectivity index (χ1) is 15.2. The Balaban J connectivity index is 1.59. The van der Waals surface area contributed by atoms with Crippen molar-refractivity contribution in [3.05, 3.63) is 106 Å². The molecular formula is C25H22N4O2. The quantitative estimate of drug-likeness (QED) is 0.513. The number of benzene rings is 2. The summed E-state index contributed by atoms with van der Waals surface area (Å²) in [7, 11) is 0. The Labute approximate surface area is 179 Å². The van der Waals surface area contributed by atoms with Gasteiger partial charge in [-0.25, -0.2) is 4.68 Å². The fraction of sp³-hybridized carbons (Fsp3) is 0.200. The Morgan fingerprint density at radius 2 is 1.65 bits per heavy atom. The van der Waals surface area contributed by atoms with E-state index in [1.165, 1.54) is 4.68 Å². The highest BCUT2D eigenvalue weighted by molar-refractivity contribution is 6.05. The van der Waals surface area contributed by atoms with Gasteiger partial charge in [-0.15, -0.1) is 0 Å². The highest BCUT2D eigenvalue weighted by atomic mass is 16.2. The Morgan fingerprint density at radius 3 is 2.42 bits per heavy atom. The van der Waals surface area contributed by atoms with E-state index in [1.54, 1.807) is 24.5 Å². The van der Waals surface area contributed by atoms with E-state index in [4.69, 9.17) is 0 Å². The molecule has 1 aliphatic rings. The molecule has 0 radical (unpaired) electrons. The first kappa shape index (κ1) is 19.2. The third-order valence-corrected chi connectivity index (χ3v) is 5.85. The van der Waals surface area contributed by atoms with Crippen LogP contribution in [0.25, 0.3) is 10.8 Å². The van der Waals surface area contributed by atoms with Gasteiger partial charge in [-0.05, 0) is 42.2 Å². The third-order valence-electron chi connectivity index (χ3n) is 5.85. The predicted molar refractivity (Wildman–Crippen MR) is 119 cm³/mol. The van der Waals surface area contributed by atoms with Gasteiger partial charge in [-0.1, -0.05) is 48.5 Å². The van der Waals surface area contributed by atoms with Crippen LogP contribution in [0.4, 0.5) is 0 Å². The van der Waals surface area contributed by atoms with Gasteiger partial charge in [0, 0.05) is 24.3 Å². The number of hydrogen-bond acceptors (Lipinski definition) is 4. The van der Waals surface area contributed by atoms with Gasteiger partial charge in [0.2, 0.25) is 0 Å². The van der Waals surface area contributed by atoms with Gasteiger partial charge in [-0.3, -0.25) is 14.6 Å². The lowest BCUT2D eigenvalue weighted by Gasteiger charge is -2.25. The van der Waals surface area contributed by atoms with Crippen molar-refractivity contribution < 1.29 is 4.79 Å². The highest BCUT2D eigenvalue weighted by Gasteiger charge is 2.32. The summed E-state index contributed by atoms with van der Waals surface area (Å²) < 4.78 is 1.41. The van der Waals surface area contributed by atoms with Gasteiger partial charge in [0.1, 0.15) is 0 Å². The minimum atomic E-state index is -0.192. The molecule has 6 nitrogen and oxygen atoms in total. The Bertz CT molecular complexity index is 1290. The summed E-state index contributed by atoms with van der Waals surface area (Å²) in [6.45, 7) is 0.984. The molecule has 2 aromatic heterocycles. The molecule has 0 aliphatic carbocycles. The fourth-order valence-electron chi connectivity index (χ4n) is 4.33. The minimum Gasteiger partial charge on any atom is -0.330 e. The molecule has 154 valence electrons. The summed E-state index contributed by atoms with van der Waals surface area (Å²) in [6, 6.07) is 20.8. The molecule has 1 unspecified atom stereocenters. The highest BCUT2D eigenvalue weighted by Crippen LogP contribution is 2.33. The summed E-state index contributed by atoms with van der Waals surface area (Å²) in [5.74, 6) is -0.141. The zero-order chi connectivity index (χ0) is 21.2. The van der Waals surface area contributed by atoms with E-state index in [-0.39, 0.29) is 17.5 Å². The number of amides is 1. The molecule has 0 saturated carbocycles. The second-order valence-corrected chi connectivity index (χ2v) is 7.78. The number of likely N-dealkylation sites (tertiary alicyclic amines) is 1. The normalized spacial score (nSPS) is 16.0. The Morgan fingerprint density at radius 1 is 0.935 bits per heavy atom. The van der Waals surface area contributed by atoms with Crippen LogP contribution in [0, 0.1) is 0 Å². The lowest BCUT2D eigenvalue weighted by atomic mass is 10.1. The predicted octanol–water partition coefficient (Wildman–Crippen LogP) is 3.82. The van der Waals surface area contributed by atoms with Crippen LogP contribution in [-0.2, 0) is 6.54 Å². The summed E-state index contributed by atoms with van der Waals surface area (Å²) >= 11 is 0. The zero-order valence-corrected chi connectivity index (χ0v) is 17.0. The summed E-state index contributed by atoms with van der Waals surface area (Å²) in [5, 5.41) is 5.68. The average molecular weight is 410 g/mol. The van der Waals surface area contributed by atoms with Crippen molar-refractivity contribution in [1.29, 1.82) is 0 Å². The number of carbonyl (C=O) groups is 1. The average Bonchev–Trinajstić information content (AvgIpc) is 3.32. The smallest absolute Gasteiger partial charge is 0.275 e. The van der Waals surface area contributed by atoms with Crippen LogP contribution in [0.5, 0.6) is 0 Å². The molecule has 1 atom stereocenters. The van der Waals surface area contributed by atoms with Crippen LogP contribution in [0.15, 0.2) is 83.9 Å². The van der Waals surface area contributed by atoms with E-state index in [0.717, 1.165) is 24.0 Å². The van der Waals surface area contributed by atoms with Gasteiger partial charge >= 0.3 is 0 Å². The second-order valence-electron chi connectivity index (χ2n) is 7.78. The van der Waals surface area contributed by atoms with Crippen molar-refractivity contribution in [3.63, 3.8) is 0 Å². The third kappa shape index (κ3) is 3.61. The molecule has 5 rings (SSSR count). The van der Waals surface area contributed by atoms with Crippen molar-refractivity contribution in [2.75, 3.05) is 6.54 Å². The molecule has 1 aliphatic heterocycles. The second kappa shape index (κ2) is 8.14. The van der Waals surface area contributed by atoms with E-state index >= 15 is 0 Å². The van der Waals surface area contributed by atoms with Crippen LogP contribution in [-0.4, -0.2) is 32.1 Å². The van der Waals surface area contributed by atoms with Gasteiger partial charge in [-0.2, -0.15) is 5.10 Å². The summed E-state index contributed by atoms with van der Waals surface area (Å²) in [4.78, 5) is 32.7. The molecular weight excluding hydrogens is 388 g/mol. The first-order valence-corrected chi connectivity index (χ1v) is 10.5. The number of aromatic nitrogens is 3. The lowest BCUT2D eigenvalue weighted by Crippen LogP contribution is -2.34. The molecule has 0 N–H and O–H groups in total. The largest absolute Gasteiger partial charge is 0.330 e. The summed E-state index contributed by atoms with van der Waals surface area (Å²) in [6.07, 6.45) is 5.34. The SMILES string of the molecule is O=C(c1nn(Cc2ccccc2)c(=O)c2ccccc12)N1CCCC1c1ccncc1. The first-order valence-electron chi connectivity index (χ1n) is 10.5. The lowest BCUT2D eigenvalue weighted by molar-refractivity contribution is 0.0729. The van der Waals surface area contributed by atoms with Gasteiger partial charge < -0.3 is 4.90 Å². The van der Waals surface area contributed by atoms with Gasteiger partial charge in [0.25, 0.3) is 11.5 Å². The molecule has 1 fully saturated rings. The van der Waals surface area contributed by atoms with Crippen LogP contribution in [0.3, 0.4) is 0 Å². The minimum absolute atomic E-state index is 0.00874. The maximum Gasteiger partial charge on any atom is 0.275 e.